The van der Waals surface area contributed by atoms with Crippen LogP contribution in [0.25, 0.3) is 10.9 Å². The van der Waals surface area contributed by atoms with Crippen molar-refractivity contribution in [2.75, 3.05) is 13.2 Å². The van der Waals surface area contributed by atoms with Gasteiger partial charge in [-0.3, -0.25) is 24.8 Å². The molecule has 0 bridgehead atoms. The molecule has 1 aliphatic rings. The second-order valence-corrected chi connectivity index (χ2v) is 8.83. The Morgan fingerprint density at radius 2 is 1.78 bits per heavy atom. The molecule has 8 nitrogen and oxygen atoms in total. The Balaban J connectivity index is 1.36. The van der Waals surface area contributed by atoms with Crippen molar-refractivity contribution in [1.29, 1.82) is 0 Å². The first kappa shape index (κ1) is 23.4. The fourth-order valence-corrected chi connectivity index (χ4v) is 4.58. The lowest BCUT2D eigenvalue weighted by Gasteiger charge is -2.30. The molecule has 1 N–H and O–H groups in total. The van der Waals surface area contributed by atoms with Gasteiger partial charge in [0.2, 0.25) is 0 Å². The van der Waals surface area contributed by atoms with Crippen molar-refractivity contribution in [2.24, 2.45) is 7.05 Å². The van der Waals surface area contributed by atoms with E-state index in [1.165, 1.54) is 5.56 Å². The second kappa shape index (κ2) is 10.1. The minimum Gasteiger partial charge on any atom is -0.452 e. The molecule has 0 spiro atoms. The number of para-hydroxylation sites is 1. The molecular formula is C28H26N4O4. The maximum Gasteiger partial charge on any atom is 0.339 e. The Kier molecular flexibility index (Phi) is 6.60. The van der Waals surface area contributed by atoms with E-state index in [1.807, 2.05) is 42.5 Å². The number of aromatic nitrogens is 2. The van der Waals surface area contributed by atoms with Crippen LogP contribution in [0.5, 0.6) is 0 Å². The molecular weight excluding hydrogens is 456 g/mol. The number of fused-ring (bicyclic) bond motifs is 2. The Labute approximate surface area is 208 Å². The SMILES string of the molecule is Cn1cccc1C(=O)NC(=O)COC(=O)c1c2c(nc3ccccc13)CCN(Cc1ccccc1)C2. The zero-order chi connectivity index (χ0) is 25.1. The number of benzene rings is 2. The number of amides is 2. The molecule has 182 valence electrons. The summed E-state index contributed by atoms with van der Waals surface area (Å²) in [6.45, 7) is 1.56. The normalized spacial score (nSPS) is 13.2. The molecule has 3 heterocycles. The van der Waals surface area contributed by atoms with E-state index in [0.29, 0.717) is 35.1 Å². The van der Waals surface area contributed by atoms with Crippen LogP contribution in [0.1, 0.15) is 37.7 Å². The highest BCUT2D eigenvalue weighted by Crippen LogP contribution is 2.29. The van der Waals surface area contributed by atoms with Crippen LogP contribution in [0.15, 0.2) is 72.9 Å². The van der Waals surface area contributed by atoms with Gasteiger partial charge in [-0.1, -0.05) is 48.5 Å². The fourth-order valence-electron chi connectivity index (χ4n) is 4.58. The van der Waals surface area contributed by atoms with Gasteiger partial charge in [-0.15, -0.1) is 0 Å². The summed E-state index contributed by atoms with van der Waals surface area (Å²) in [4.78, 5) is 45.1. The van der Waals surface area contributed by atoms with Gasteiger partial charge in [0.25, 0.3) is 11.8 Å². The maximum absolute atomic E-state index is 13.3. The van der Waals surface area contributed by atoms with E-state index in [9.17, 15) is 14.4 Å². The molecule has 4 aromatic rings. The van der Waals surface area contributed by atoms with Crippen molar-refractivity contribution in [3.8, 4) is 0 Å². The number of imide groups is 1. The Morgan fingerprint density at radius 3 is 2.56 bits per heavy atom. The molecule has 36 heavy (non-hydrogen) atoms. The number of rotatable bonds is 6. The van der Waals surface area contributed by atoms with Gasteiger partial charge in [-0.25, -0.2) is 4.79 Å². The zero-order valence-electron chi connectivity index (χ0n) is 19.9. The highest BCUT2D eigenvalue weighted by molar-refractivity contribution is 6.07. The molecule has 0 atom stereocenters. The number of ether oxygens (including phenoxy) is 1. The van der Waals surface area contributed by atoms with Gasteiger partial charge in [0.1, 0.15) is 5.69 Å². The van der Waals surface area contributed by atoms with E-state index in [2.05, 4.69) is 22.3 Å². The molecule has 2 aromatic heterocycles. The first-order valence-corrected chi connectivity index (χ1v) is 11.8. The summed E-state index contributed by atoms with van der Waals surface area (Å²) in [5, 5.41) is 2.95. The first-order valence-electron chi connectivity index (χ1n) is 11.8. The van der Waals surface area contributed by atoms with Gasteiger partial charge in [-0.05, 0) is 23.8 Å². The molecule has 0 radical (unpaired) electrons. The third-order valence-electron chi connectivity index (χ3n) is 6.34. The molecule has 2 amide bonds. The van der Waals surface area contributed by atoms with E-state index in [1.54, 1.807) is 29.9 Å². The van der Waals surface area contributed by atoms with Gasteiger partial charge in [-0.2, -0.15) is 0 Å². The Morgan fingerprint density at radius 1 is 1.00 bits per heavy atom. The van der Waals surface area contributed by atoms with E-state index < -0.39 is 24.4 Å². The number of carbonyl (C=O) groups excluding carboxylic acids is 3. The lowest BCUT2D eigenvalue weighted by Crippen LogP contribution is -2.35. The average Bonchev–Trinajstić information content (AvgIpc) is 3.32. The highest BCUT2D eigenvalue weighted by Gasteiger charge is 2.27. The number of aryl methyl sites for hydroxylation is 1. The molecule has 0 saturated heterocycles. The summed E-state index contributed by atoms with van der Waals surface area (Å²) in [5.74, 6) is -1.84. The minimum atomic E-state index is -0.688. The maximum atomic E-state index is 13.3. The molecule has 0 aliphatic carbocycles. The molecule has 0 fully saturated rings. The van der Waals surface area contributed by atoms with Crippen LogP contribution in [0.2, 0.25) is 0 Å². The summed E-state index contributed by atoms with van der Waals surface area (Å²) in [6.07, 6.45) is 2.41. The second-order valence-electron chi connectivity index (χ2n) is 8.83. The van der Waals surface area contributed by atoms with Crippen molar-refractivity contribution in [3.63, 3.8) is 0 Å². The van der Waals surface area contributed by atoms with E-state index in [4.69, 9.17) is 9.72 Å². The molecule has 5 rings (SSSR count). The van der Waals surface area contributed by atoms with Crippen LogP contribution in [-0.4, -0.2) is 45.4 Å². The standard InChI is InChI=1S/C28H26N4O4/c1-31-14-7-12-24(31)27(34)30-25(33)18-36-28(35)26-20-10-5-6-11-22(20)29-23-13-15-32(17-21(23)26)16-19-8-3-2-4-9-19/h2-12,14H,13,15-18H2,1H3,(H,30,33,34). The Bertz CT molecular complexity index is 1440. The Hall–Kier alpha value is -4.30. The first-order chi connectivity index (χ1) is 17.5. The van der Waals surface area contributed by atoms with E-state index in [0.717, 1.165) is 24.3 Å². The van der Waals surface area contributed by atoms with Crippen LogP contribution in [0.3, 0.4) is 0 Å². The minimum absolute atomic E-state index is 0.336. The highest BCUT2D eigenvalue weighted by atomic mass is 16.5. The van der Waals surface area contributed by atoms with Crippen LogP contribution in [-0.2, 0) is 36.1 Å². The van der Waals surface area contributed by atoms with Crippen LogP contribution in [0, 0.1) is 0 Å². The molecule has 2 aromatic carbocycles. The van der Waals surface area contributed by atoms with Gasteiger partial charge >= 0.3 is 5.97 Å². The summed E-state index contributed by atoms with van der Waals surface area (Å²) < 4.78 is 7.01. The van der Waals surface area contributed by atoms with Crippen molar-refractivity contribution in [3.05, 3.63) is 101 Å². The van der Waals surface area contributed by atoms with Gasteiger partial charge < -0.3 is 9.30 Å². The van der Waals surface area contributed by atoms with Crippen LogP contribution < -0.4 is 5.32 Å². The van der Waals surface area contributed by atoms with Crippen LogP contribution in [0.4, 0.5) is 0 Å². The fraction of sp³-hybridized carbons (Fsp3) is 0.214. The van der Waals surface area contributed by atoms with Crippen molar-refractivity contribution in [1.82, 2.24) is 19.8 Å². The summed E-state index contributed by atoms with van der Waals surface area (Å²) in [7, 11) is 1.71. The van der Waals surface area contributed by atoms with Crippen molar-refractivity contribution >= 4 is 28.7 Å². The number of hydrogen-bond acceptors (Lipinski definition) is 6. The predicted octanol–water partition coefficient (Wildman–Crippen LogP) is 3.25. The van der Waals surface area contributed by atoms with Gasteiger partial charge in [0.15, 0.2) is 6.61 Å². The molecule has 0 saturated carbocycles. The lowest BCUT2D eigenvalue weighted by molar-refractivity contribution is -0.123. The number of carbonyl (C=O) groups is 3. The number of nitrogens with one attached hydrogen (secondary N) is 1. The third-order valence-corrected chi connectivity index (χ3v) is 6.34. The largest absolute Gasteiger partial charge is 0.452 e. The molecule has 8 heteroatoms. The predicted molar refractivity (Wildman–Crippen MR) is 134 cm³/mol. The molecule has 0 unspecified atom stereocenters. The van der Waals surface area contributed by atoms with Crippen molar-refractivity contribution < 1.29 is 19.1 Å². The zero-order valence-corrected chi connectivity index (χ0v) is 19.9. The quantitative estimate of drug-likeness (QED) is 0.424. The number of hydrogen-bond donors (Lipinski definition) is 1. The summed E-state index contributed by atoms with van der Waals surface area (Å²) in [5.41, 5.74) is 4.35. The average molecular weight is 483 g/mol. The van der Waals surface area contributed by atoms with Crippen LogP contribution >= 0.6 is 0 Å². The molecule has 1 aliphatic heterocycles. The lowest BCUT2D eigenvalue weighted by atomic mass is 9.95. The van der Waals surface area contributed by atoms with Crippen molar-refractivity contribution in [2.45, 2.75) is 19.5 Å². The number of esters is 1. The van der Waals surface area contributed by atoms with Gasteiger partial charge in [0, 0.05) is 55.9 Å². The van der Waals surface area contributed by atoms with E-state index >= 15 is 0 Å². The third kappa shape index (κ3) is 4.89. The summed E-state index contributed by atoms with van der Waals surface area (Å²) in [6, 6.07) is 20.9. The van der Waals surface area contributed by atoms with E-state index in [-0.39, 0.29) is 0 Å². The van der Waals surface area contributed by atoms with Gasteiger partial charge in [0.05, 0.1) is 11.1 Å². The monoisotopic (exact) mass is 482 g/mol. The number of nitrogens with zero attached hydrogens (tertiary/aromatic N) is 3. The topological polar surface area (TPSA) is 93.5 Å². The number of pyridine rings is 1. The summed E-state index contributed by atoms with van der Waals surface area (Å²) >= 11 is 0. The smallest absolute Gasteiger partial charge is 0.339 e.